The molecule has 5 nitrogen and oxygen atoms in total. The number of nitrogens with one attached hydrogen (secondary N) is 1. The number of anilines is 2. The van der Waals surface area contributed by atoms with E-state index in [9.17, 15) is 9.18 Å². The molecular weight excluding hydrogens is 381 g/mol. The van der Waals surface area contributed by atoms with E-state index in [4.69, 9.17) is 22.1 Å². The van der Waals surface area contributed by atoms with Crippen molar-refractivity contribution in [2.24, 2.45) is 0 Å². The van der Waals surface area contributed by atoms with Crippen molar-refractivity contribution >= 4 is 29.0 Å². The van der Waals surface area contributed by atoms with E-state index in [0.717, 1.165) is 5.56 Å². The van der Waals surface area contributed by atoms with Gasteiger partial charge in [0.05, 0.1) is 5.02 Å². The van der Waals surface area contributed by atoms with Crippen LogP contribution in [0.15, 0.2) is 54.7 Å². The van der Waals surface area contributed by atoms with Gasteiger partial charge in [-0.2, -0.15) is 0 Å². The topological polar surface area (TPSA) is 77.2 Å². The highest BCUT2D eigenvalue weighted by Gasteiger charge is 2.13. The van der Waals surface area contributed by atoms with E-state index >= 15 is 0 Å². The Hall–Kier alpha value is -3.12. The molecule has 0 bridgehead atoms. The Balaban J connectivity index is 1.75. The van der Waals surface area contributed by atoms with E-state index in [1.807, 2.05) is 13.0 Å². The van der Waals surface area contributed by atoms with Crippen molar-refractivity contribution in [2.75, 3.05) is 11.1 Å². The van der Waals surface area contributed by atoms with Gasteiger partial charge in [-0.15, -0.1) is 0 Å². The van der Waals surface area contributed by atoms with E-state index in [1.54, 1.807) is 31.2 Å². The van der Waals surface area contributed by atoms with Crippen LogP contribution in [-0.2, 0) is 0 Å². The van der Waals surface area contributed by atoms with Crippen LogP contribution in [0.5, 0.6) is 5.75 Å². The molecule has 3 aromatic rings. The van der Waals surface area contributed by atoms with E-state index in [1.165, 1.54) is 24.4 Å². The molecular formula is C21H19ClFN3O2. The number of halogens is 2. The monoisotopic (exact) mass is 399 g/mol. The molecule has 0 fully saturated rings. The van der Waals surface area contributed by atoms with Crippen molar-refractivity contribution in [1.29, 1.82) is 0 Å². The molecule has 0 radical (unpaired) electrons. The average Bonchev–Trinajstić information content (AvgIpc) is 2.67. The predicted octanol–water partition coefficient (Wildman–Crippen LogP) is 5.16. The quantitative estimate of drug-likeness (QED) is 0.621. The molecule has 0 unspecified atom stereocenters. The molecule has 2 aromatic carbocycles. The lowest BCUT2D eigenvalue weighted by molar-refractivity contribution is 0.102. The van der Waals surface area contributed by atoms with Crippen LogP contribution in [0.25, 0.3) is 0 Å². The van der Waals surface area contributed by atoms with Gasteiger partial charge in [0, 0.05) is 23.5 Å². The van der Waals surface area contributed by atoms with Gasteiger partial charge in [-0.3, -0.25) is 4.79 Å². The van der Waals surface area contributed by atoms with Gasteiger partial charge in [0.15, 0.2) is 11.6 Å². The Morgan fingerprint density at radius 2 is 2.04 bits per heavy atom. The van der Waals surface area contributed by atoms with Crippen LogP contribution in [0, 0.1) is 12.7 Å². The largest absolute Gasteiger partial charge is 0.482 e. The van der Waals surface area contributed by atoms with Crippen LogP contribution < -0.4 is 15.8 Å². The van der Waals surface area contributed by atoms with E-state index in [2.05, 4.69) is 10.3 Å². The first-order chi connectivity index (χ1) is 13.3. The maximum absolute atomic E-state index is 13.4. The second-order valence-electron chi connectivity index (χ2n) is 6.34. The molecule has 0 aliphatic carbocycles. The minimum atomic E-state index is -0.354. The normalized spacial score (nSPS) is 11.7. The number of benzene rings is 2. The Kier molecular flexibility index (Phi) is 5.80. The smallest absolute Gasteiger partial charge is 0.255 e. The summed E-state index contributed by atoms with van der Waals surface area (Å²) in [6, 6.07) is 13.1. The van der Waals surface area contributed by atoms with Gasteiger partial charge in [0.25, 0.3) is 5.91 Å². The lowest BCUT2D eigenvalue weighted by Gasteiger charge is -2.17. The summed E-state index contributed by atoms with van der Waals surface area (Å²) in [5.41, 5.74) is 8.04. The highest BCUT2D eigenvalue weighted by atomic mass is 35.5. The second kappa shape index (κ2) is 8.27. The first-order valence-electron chi connectivity index (χ1n) is 8.58. The van der Waals surface area contributed by atoms with Crippen LogP contribution in [-0.4, -0.2) is 10.9 Å². The fraction of sp³-hybridized carbons (Fsp3) is 0.143. The van der Waals surface area contributed by atoms with Crippen LogP contribution in [0.2, 0.25) is 5.02 Å². The van der Waals surface area contributed by atoms with Crippen molar-refractivity contribution in [3.8, 4) is 5.75 Å². The van der Waals surface area contributed by atoms with Crippen molar-refractivity contribution < 1.29 is 13.9 Å². The standard InChI is InChI=1S/C21H19ClFN3O2/c1-12-8-15(6-7-18(12)23)21(27)26-17-5-3-4-14(9-17)13(2)28-19-10-16(22)11-25-20(19)24/h3-11,13H,1-2H3,(H2,24,25)(H,26,27)/t13-/m1/s1. The van der Waals surface area contributed by atoms with Crippen LogP contribution in [0.3, 0.4) is 0 Å². The zero-order valence-electron chi connectivity index (χ0n) is 15.4. The van der Waals surface area contributed by atoms with E-state index in [-0.39, 0.29) is 23.6 Å². The molecule has 0 saturated carbocycles. The van der Waals surface area contributed by atoms with Crippen LogP contribution >= 0.6 is 11.6 Å². The Morgan fingerprint density at radius 3 is 2.79 bits per heavy atom. The van der Waals surface area contributed by atoms with Crippen LogP contribution in [0.4, 0.5) is 15.9 Å². The zero-order chi connectivity index (χ0) is 20.3. The number of hydrogen-bond donors (Lipinski definition) is 2. The van der Waals surface area contributed by atoms with E-state index in [0.29, 0.717) is 27.6 Å². The summed E-state index contributed by atoms with van der Waals surface area (Å²) < 4.78 is 19.3. The molecule has 0 aliphatic heterocycles. The average molecular weight is 400 g/mol. The number of hydrogen-bond acceptors (Lipinski definition) is 4. The van der Waals surface area contributed by atoms with E-state index < -0.39 is 0 Å². The minimum Gasteiger partial charge on any atom is -0.482 e. The summed E-state index contributed by atoms with van der Waals surface area (Å²) in [7, 11) is 0. The molecule has 0 spiro atoms. The van der Waals surface area contributed by atoms with Gasteiger partial charge in [0.1, 0.15) is 11.9 Å². The number of nitrogen functional groups attached to an aromatic ring is 1. The molecule has 144 valence electrons. The Labute approximate surface area is 167 Å². The molecule has 7 heteroatoms. The number of amides is 1. The number of nitrogens with two attached hydrogens (primary N) is 1. The number of carbonyl (C=O) groups excluding carboxylic acids is 1. The molecule has 1 amide bonds. The maximum Gasteiger partial charge on any atom is 0.255 e. The lowest BCUT2D eigenvalue weighted by atomic mass is 10.1. The number of aryl methyl sites for hydroxylation is 1. The lowest BCUT2D eigenvalue weighted by Crippen LogP contribution is -2.13. The molecule has 1 atom stereocenters. The highest BCUT2D eigenvalue weighted by Crippen LogP contribution is 2.29. The third kappa shape index (κ3) is 4.58. The number of carbonyl (C=O) groups is 1. The zero-order valence-corrected chi connectivity index (χ0v) is 16.1. The minimum absolute atomic E-state index is 0.243. The number of pyridine rings is 1. The van der Waals surface area contributed by atoms with Gasteiger partial charge >= 0.3 is 0 Å². The van der Waals surface area contributed by atoms with Crippen LogP contribution in [0.1, 0.15) is 34.5 Å². The fourth-order valence-electron chi connectivity index (χ4n) is 2.64. The number of aromatic nitrogens is 1. The molecule has 1 aromatic heterocycles. The van der Waals surface area contributed by atoms with Crippen molar-refractivity contribution in [1.82, 2.24) is 4.98 Å². The predicted molar refractivity (Wildman–Crippen MR) is 108 cm³/mol. The Morgan fingerprint density at radius 1 is 1.25 bits per heavy atom. The van der Waals surface area contributed by atoms with Crippen molar-refractivity contribution in [3.63, 3.8) is 0 Å². The summed E-state index contributed by atoms with van der Waals surface area (Å²) >= 11 is 5.94. The van der Waals surface area contributed by atoms with Gasteiger partial charge in [-0.05, 0) is 55.3 Å². The first kappa shape index (κ1) is 19.6. The van der Waals surface area contributed by atoms with Crippen molar-refractivity contribution in [3.05, 3.63) is 82.3 Å². The SMILES string of the molecule is Cc1cc(C(=O)Nc2cccc([C@@H](C)Oc3cc(Cl)cnc3N)c2)ccc1F. The van der Waals surface area contributed by atoms with Gasteiger partial charge in [0.2, 0.25) is 0 Å². The van der Waals surface area contributed by atoms with Gasteiger partial charge in [-0.25, -0.2) is 9.37 Å². The molecule has 3 N–H and O–H groups in total. The third-order valence-electron chi connectivity index (χ3n) is 4.19. The highest BCUT2D eigenvalue weighted by molar-refractivity contribution is 6.30. The summed E-state index contributed by atoms with van der Waals surface area (Å²) in [6.07, 6.45) is 1.09. The molecule has 0 aliphatic rings. The number of ether oxygens (including phenoxy) is 1. The fourth-order valence-corrected chi connectivity index (χ4v) is 2.79. The third-order valence-corrected chi connectivity index (χ3v) is 4.39. The molecule has 0 saturated heterocycles. The van der Waals surface area contributed by atoms with Gasteiger partial charge < -0.3 is 15.8 Å². The van der Waals surface area contributed by atoms with Gasteiger partial charge in [-0.1, -0.05) is 23.7 Å². The maximum atomic E-state index is 13.4. The molecule has 1 heterocycles. The summed E-state index contributed by atoms with van der Waals surface area (Å²) in [5, 5.41) is 3.23. The second-order valence-corrected chi connectivity index (χ2v) is 6.78. The summed E-state index contributed by atoms with van der Waals surface area (Å²) in [6.45, 7) is 3.47. The number of rotatable bonds is 5. The summed E-state index contributed by atoms with van der Waals surface area (Å²) in [4.78, 5) is 16.4. The first-order valence-corrected chi connectivity index (χ1v) is 8.96. The number of nitrogens with zero attached hydrogens (tertiary/aromatic N) is 1. The molecule has 28 heavy (non-hydrogen) atoms. The Bertz CT molecular complexity index is 1030. The van der Waals surface area contributed by atoms with Crippen molar-refractivity contribution in [2.45, 2.75) is 20.0 Å². The molecule has 3 rings (SSSR count). The summed E-state index contributed by atoms with van der Waals surface area (Å²) in [5.74, 6) is -0.0416.